The number of hydrogen-bond donors (Lipinski definition) is 2. The first kappa shape index (κ1) is 19.2. The number of imidazole rings is 1. The third-order valence-corrected chi connectivity index (χ3v) is 4.81. The van der Waals surface area contributed by atoms with Crippen molar-refractivity contribution in [1.29, 1.82) is 0 Å². The fourth-order valence-electron chi connectivity index (χ4n) is 3.33. The molecule has 150 valence electrons. The van der Waals surface area contributed by atoms with Crippen molar-refractivity contribution in [3.8, 4) is 28.3 Å². The van der Waals surface area contributed by atoms with Crippen LogP contribution in [0.15, 0.2) is 71.9 Å². The summed E-state index contributed by atoms with van der Waals surface area (Å²) in [6.07, 6.45) is 0. The molecule has 0 aliphatic heterocycles. The van der Waals surface area contributed by atoms with Crippen molar-refractivity contribution < 1.29 is 14.7 Å². The SMILES string of the molecule is CC(=O)O/N=C(/N)c1ccc2nc(-c3cccc(-c4ccccc4)c3O)n(C)c2c1. The molecule has 0 saturated heterocycles. The number of hydrogen-bond acceptors (Lipinski definition) is 5. The molecule has 1 heterocycles. The number of para-hydroxylation sites is 1. The standard InChI is InChI=1S/C23H20N4O3/c1-14(28)30-26-22(24)16-11-12-19-20(13-16)27(2)23(25-19)18-10-6-9-17(21(18)29)15-7-4-3-5-8-15/h3-13,29H,1-2H3,(H2,24,26). The van der Waals surface area contributed by atoms with Gasteiger partial charge >= 0.3 is 5.97 Å². The first-order valence-corrected chi connectivity index (χ1v) is 9.31. The quantitative estimate of drug-likeness (QED) is 0.235. The highest BCUT2D eigenvalue weighted by Crippen LogP contribution is 2.38. The van der Waals surface area contributed by atoms with Gasteiger partial charge in [0.2, 0.25) is 0 Å². The Balaban J connectivity index is 1.80. The van der Waals surface area contributed by atoms with Crippen LogP contribution in [-0.2, 0) is 16.7 Å². The van der Waals surface area contributed by atoms with Gasteiger partial charge in [0.05, 0.1) is 16.6 Å². The maximum Gasteiger partial charge on any atom is 0.332 e. The maximum atomic E-state index is 11.0. The van der Waals surface area contributed by atoms with E-state index in [1.165, 1.54) is 6.92 Å². The van der Waals surface area contributed by atoms with Crippen LogP contribution in [0.25, 0.3) is 33.5 Å². The monoisotopic (exact) mass is 400 g/mol. The van der Waals surface area contributed by atoms with Crippen molar-refractivity contribution in [2.24, 2.45) is 17.9 Å². The number of phenolic OH excluding ortho intramolecular Hbond substituents is 1. The summed E-state index contributed by atoms with van der Waals surface area (Å²) in [5, 5.41) is 14.6. The van der Waals surface area contributed by atoms with Crippen molar-refractivity contribution in [3.05, 3.63) is 72.3 Å². The topological polar surface area (TPSA) is 103 Å². The van der Waals surface area contributed by atoms with E-state index in [0.717, 1.165) is 22.2 Å². The van der Waals surface area contributed by atoms with Crippen LogP contribution < -0.4 is 5.73 Å². The number of benzene rings is 3. The Morgan fingerprint density at radius 2 is 1.80 bits per heavy atom. The zero-order chi connectivity index (χ0) is 21.3. The van der Waals surface area contributed by atoms with Gasteiger partial charge in [0.25, 0.3) is 0 Å². The van der Waals surface area contributed by atoms with E-state index in [0.29, 0.717) is 17.0 Å². The number of rotatable bonds is 4. The molecule has 0 saturated carbocycles. The predicted octanol–water partition coefficient (Wildman–Crippen LogP) is 3.80. The summed E-state index contributed by atoms with van der Waals surface area (Å²) in [5.74, 6) is 0.325. The molecule has 0 amide bonds. The summed E-state index contributed by atoms with van der Waals surface area (Å²) in [6.45, 7) is 1.25. The average Bonchev–Trinajstić information content (AvgIpc) is 3.08. The van der Waals surface area contributed by atoms with Crippen molar-refractivity contribution in [2.75, 3.05) is 0 Å². The van der Waals surface area contributed by atoms with Gasteiger partial charge in [-0.05, 0) is 29.8 Å². The van der Waals surface area contributed by atoms with E-state index in [-0.39, 0.29) is 11.6 Å². The minimum atomic E-state index is -0.546. The van der Waals surface area contributed by atoms with Gasteiger partial charge in [-0.25, -0.2) is 9.78 Å². The number of carbonyl (C=O) groups is 1. The zero-order valence-corrected chi connectivity index (χ0v) is 16.5. The molecule has 30 heavy (non-hydrogen) atoms. The Labute approximate surface area is 173 Å². The maximum absolute atomic E-state index is 11.0. The molecule has 4 aromatic rings. The number of fused-ring (bicyclic) bond motifs is 1. The Hall–Kier alpha value is -4.13. The minimum absolute atomic E-state index is 0.0868. The predicted molar refractivity (Wildman–Crippen MR) is 116 cm³/mol. The Kier molecular flexibility index (Phi) is 4.93. The van der Waals surface area contributed by atoms with E-state index in [2.05, 4.69) is 15.0 Å². The molecule has 3 aromatic carbocycles. The molecule has 7 nitrogen and oxygen atoms in total. The van der Waals surface area contributed by atoms with E-state index >= 15 is 0 Å². The highest BCUT2D eigenvalue weighted by molar-refractivity contribution is 6.00. The minimum Gasteiger partial charge on any atom is -0.507 e. The average molecular weight is 400 g/mol. The lowest BCUT2D eigenvalue weighted by molar-refractivity contribution is -0.140. The molecule has 0 unspecified atom stereocenters. The van der Waals surface area contributed by atoms with Crippen molar-refractivity contribution >= 4 is 22.8 Å². The van der Waals surface area contributed by atoms with Crippen molar-refractivity contribution in [2.45, 2.75) is 6.92 Å². The molecule has 0 aliphatic carbocycles. The third-order valence-electron chi connectivity index (χ3n) is 4.81. The van der Waals surface area contributed by atoms with Crippen LogP contribution in [0.4, 0.5) is 0 Å². The Morgan fingerprint density at radius 3 is 2.53 bits per heavy atom. The van der Waals surface area contributed by atoms with Crippen LogP contribution in [0.3, 0.4) is 0 Å². The first-order chi connectivity index (χ1) is 14.5. The van der Waals surface area contributed by atoms with Crippen LogP contribution in [0.2, 0.25) is 0 Å². The number of nitrogens with two attached hydrogens (primary N) is 1. The van der Waals surface area contributed by atoms with E-state index in [1.807, 2.05) is 72.3 Å². The molecule has 0 fully saturated rings. The van der Waals surface area contributed by atoms with Gasteiger partial charge < -0.3 is 20.2 Å². The molecule has 7 heteroatoms. The smallest absolute Gasteiger partial charge is 0.332 e. The fourth-order valence-corrected chi connectivity index (χ4v) is 3.33. The summed E-state index contributed by atoms with van der Waals surface area (Å²) in [6, 6.07) is 20.7. The number of carbonyl (C=O) groups excluding carboxylic acids is 1. The first-order valence-electron chi connectivity index (χ1n) is 9.31. The lowest BCUT2D eigenvalue weighted by Gasteiger charge is -2.10. The summed E-state index contributed by atoms with van der Waals surface area (Å²) < 4.78 is 1.88. The zero-order valence-electron chi connectivity index (χ0n) is 16.5. The van der Waals surface area contributed by atoms with Gasteiger partial charge in [-0.3, -0.25) is 0 Å². The van der Waals surface area contributed by atoms with Crippen LogP contribution >= 0.6 is 0 Å². The third kappa shape index (κ3) is 3.48. The number of aryl methyl sites for hydroxylation is 1. The molecule has 0 aliphatic rings. The molecule has 0 radical (unpaired) electrons. The van der Waals surface area contributed by atoms with Gasteiger partial charge in [0, 0.05) is 25.1 Å². The van der Waals surface area contributed by atoms with E-state index in [4.69, 9.17) is 5.73 Å². The molecule has 4 rings (SSSR count). The van der Waals surface area contributed by atoms with E-state index in [1.54, 1.807) is 6.07 Å². The van der Waals surface area contributed by atoms with E-state index in [9.17, 15) is 9.90 Å². The lowest BCUT2D eigenvalue weighted by Crippen LogP contribution is -2.14. The second kappa shape index (κ2) is 7.71. The van der Waals surface area contributed by atoms with E-state index < -0.39 is 5.97 Å². The second-order valence-corrected chi connectivity index (χ2v) is 6.83. The summed E-state index contributed by atoms with van der Waals surface area (Å²) in [4.78, 5) is 20.2. The highest BCUT2D eigenvalue weighted by Gasteiger charge is 2.17. The fraction of sp³-hybridized carbons (Fsp3) is 0.0870. The van der Waals surface area contributed by atoms with Gasteiger partial charge in [0.1, 0.15) is 11.6 Å². The van der Waals surface area contributed by atoms with Gasteiger partial charge in [0.15, 0.2) is 5.84 Å². The van der Waals surface area contributed by atoms with Gasteiger partial charge in [-0.1, -0.05) is 47.6 Å². The van der Waals surface area contributed by atoms with Crippen molar-refractivity contribution in [3.63, 3.8) is 0 Å². The normalized spacial score (nSPS) is 11.6. The summed E-state index contributed by atoms with van der Waals surface area (Å²) >= 11 is 0. The number of phenols is 1. The molecule has 0 spiro atoms. The van der Waals surface area contributed by atoms with Crippen LogP contribution in [0.1, 0.15) is 12.5 Å². The molecule has 0 atom stereocenters. The number of nitrogens with zero attached hydrogens (tertiary/aromatic N) is 3. The number of oxime groups is 1. The van der Waals surface area contributed by atoms with Crippen molar-refractivity contribution in [1.82, 2.24) is 9.55 Å². The highest BCUT2D eigenvalue weighted by atomic mass is 16.7. The molecular weight excluding hydrogens is 380 g/mol. The van der Waals surface area contributed by atoms with Gasteiger partial charge in [-0.2, -0.15) is 0 Å². The van der Waals surface area contributed by atoms with Gasteiger partial charge in [-0.15, -0.1) is 0 Å². The summed E-state index contributed by atoms with van der Waals surface area (Å²) in [5.41, 5.74) is 10.3. The second-order valence-electron chi connectivity index (χ2n) is 6.83. The Bertz CT molecular complexity index is 1280. The van der Waals surface area contributed by atoms with Crippen LogP contribution in [0, 0.1) is 0 Å². The number of aromatic nitrogens is 2. The largest absolute Gasteiger partial charge is 0.507 e. The molecule has 0 bridgehead atoms. The summed E-state index contributed by atoms with van der Waals surface area (Å²) in [7, 11) is 1.86. The molecular formula is C23H20N4O3. The molecule has 3 N–H and O–H groups in total. The van der Waals surface area contributed by atoms with Crippen LogP contribution in [0.5, 0.6) is 5.75 Å². The lowest BCUT2D eigenvalue weighted by atomic mass is 10.0. The van der Waals surface area contributed by atoms with Crippen LogP contribution in [-0.4, -0.2) is 26.5 Å². The molecule has 1 aromatic heterocycles. The number of aromatic hydroxyl groups is 1. The Morgan fingerprint density at radius 1 is 1.07 bits per heavy atom. The number of amidine groups is 1.